The molecule has 0 saturated carbocycles. The minimum atomic E-state index is -0.363. The largest absolute Gasteiger partial charge is 0.460 e. The molecular formula is C14H27NO2. The summed E-state index contributed by atoms with van der Waals surface area (Å²) >= 11 is 0. The van der Waals surface area contributed by atoms with Gasteiger partial charge in [-0.1, -0.05) is 6.92 Å². The monoisotopic (exact) mass is 241 g/mol. The Bertz CT molecular complexity index is 257. The van der Waals surface area contributed by atoms with Crippen LogP contribution in [0.4, 0.5) is 0 Å². The van der Waals surface area contributed by atoms with E-state index in [2.05, 4.69) is 18.7 Å². The van der Waals surface area contributed by atoms with Gasteiger partial charge in [0.05, 0.1) is 6.42 Å². The summed E-state index contributed by atoms with van der Waals surface area (Å²) in [5.41, 5.74) is -0.363. The molecule has 100 valence electrons. The van der Waals surface area contributed by atoms with Crippen molar-refractivity contribution in [3.8, 4) is 0 Å². The van der Waals surface area contributed by atoms with Gasteiger partial charge in [-0.05, 0) is 46.5 Å². The first-order chi connectivity index (χ1) is 7.78. The minimum Gasteiger partial charge on any atom is -0.460 e. The van der Waals surface area contributed by atoms with Crippen molar-refractivity contribution in [3.05, 3.63) is 0 Å². The summed E-state index contributed by atoms with van der Waals surface area (Å²) in [4.78, 5) is 14.1. The van der Waals surface area contributed by atoms with Crippen molar-refractivity contribution in [2.24, 2.45) is 5.92 Å². The van der Waals surface area contributed by atoms with E-state index in [0.717, 1.165) is 19.0 Å². The fourth-order valence-electron chi connectivity index (χ4n) is 2.32. The van der Waals surface area contributed by atoms with E-state index in [1.807, 2.05) is 20.8 Å². The lowest BCUT2D eigenvalue weighted by atomic mass is 9.95. The van der Waals surface area contributed by atoms with Crippen LogP contribution in [0.3, 0.4) is 0 Å². The standard InChI is InChI=1S/C14H27NO2/c1-11-6-7-12(2)15(10-11)9-8-13(16)17-14(3,4)5/h11-12H,6-10H2,1-5H3. The van der Waals surface area contributed by atoms with Gasteiger partial charge < -0.3 is 4.74 Å². The van der Waals surface area contributed by atoms with Gasteiger partial charge in [-0.15, -0.1) is 0 Å². The summed E-state index contributed by atoms with van der Waals surface area (Å²) in [6.07, 6.45) is 3.06. The molecule has 3 heteroatoms. The summed E-state index contributed by atoms with van der Waals surface area (Å²) in [7, 11) is 0. The highest BCUT2D eigenvalue weighted by molar-refractivity contribution is 5.70. The highest BCUT2D eigenvalue weighted by atomic mass is 16.6. The average Bonchev–Trinajstić information content (AvgIpc) is 2.17. The Morgan fingerprint density at radius 2 is 1.94 bits per heavy atom. The summed E-state index contributed by atoms with van der Waals surface area (Å²) in [5.74, 6) is 0.674. The zero-order chi connectivity index (χ0) is 13.1. The van der Waals surface area contributed by atoms with Crippen LogP contribution in [0.25, 0.3) is 0 Å². The number of likely N-dealkylation sites (tertiary alicyclic amines) is 1. The SMILES string of the molecule is CC1CCC(C)N(CCC(=O)OC(C)(C)C)C1. The van der Waals surface area contributed by atoms with Crippen LogP contribution in [0.1, 0.15) is 53.9 Å². The van der Waals surface area contributed by atoms with Crippen LogP contribution in [0.5, 0.6) is 0 Å². The predicted octanol–water partition coefficient (Wildman–Crippen LogP) is 2.84. The molecule has 1 aliphatic rings. The number of esters is 1. The molecule has 1 rings (SSSR count). The number of carbonyl (C=O) groups excluding carboxylic acids is 1. The predicted molar refractivity (Wildman–Crippen MR) is 69.9 cm³/mol. The average molecular weight is 241 g/mol. The summed E-state index contributed by atoms with van der Waals surface area (Å²) in [6, 6.07) is 0.605. The van der Waals surface area contributed by atoms with Crippen LogP contribution in [0.15, 0.2) is 0 Å². The Morgan fingerprint density at radius 1 is 1.29 bits per heavy atom. The molecule has 1 aliphatic heterocycles. The zero-order valence-electron chi connectivity index (χ0n) is 12.0. The number of hydrogen-bond donors (Lipinski definition) is 0. The Hall–Kier alpha value is -0.570. The molecule has 0 aromatic carbocycles. The smallest absolute Gasteiger partial charge is 0.307 e. The normalized spacial score (nSPS) is 26.9. The van der Waals surface area contributed by atoms with Gasteiger partial charge in [-0.25, -0.2) is 0 Å². The Morgan fingerprint density at radius 3 is 2.53 bits per heavy atom. The van der Waals surface area contributed by atoms with Gasteiger partial charge in [-0.2, -0.15) is 0 Å². The molecular weight excluding hydrogens is 214 g/mol. The number of ether oxygens (including phenoxy) is 1. The van der Waals surface area contributed by atoms with Crippen LogP contribution in [-0.4, -0.2) is 35.6 Å². The van der Waals surface area contributed by atoms with Crippen LogP contribution in [0, 0.1) is 5.92 Å². The Kier molecular flexibility index (Phi) is 4.99. The molecule has 1 heterocycles. The second-order valence-corrected chi connectivity index (χ2v) is 6.36. The molecule has 0 amide bonds. The lowest BCUT2D eigenvalue weighted by Gasteiger charge is -2.36. The van der Waals surface area contributed by atoms with Gasteiger partial charge in [0.2, 0.25) is 0 Å². The highest BCUT2D eigenvalue weighted by Crippen LogP contribution is 2.21. The molecule has 0 aromatic heterocycles. The van der Waals surface area contributed by atoms with Crippen molar-refractivity contribution in [2.75, 3.05) is 13.1 Å². The van der Waals surface area contributed by atoms with Gasteiger partial charge in [0.25, 0.3) is 0 Å². The van der Waals surface area contributed by atoms with Gasteiger partial charge >= 0.3 is 5.97 Å². The fraction of sp³-hybridized carbons (Fsp3) is 0.929. The van der Waals surface area contributed by atoms with Gasteiger partial charge in [-0.3, -0.25) is 9.69 Å². The van der Waals surface area contributed by atoms with E-state index in [4.69, 9.17) is 4.74 Å². The molecule has 0 N–H and O–H groups in total. The van der Waals surface area contributed by atoms with Gasteiger partial charge in [0.15, 0.2) is 0 Å². The van der Waals surface area contributed by atoms with Crippen molar-refractivity contribution in [2.45, 2.75) is 65.5 Å². The van der Waals surface area contributed by atoms with Crippen molar-refractivity contribution in [1.82, 2.24) is 4.90 Å². The third-order valence-electron chi connectivity index (χ3n) is 3.27. The molecule has 2 unspecified atom stereocenters. The van der Waals surface area contributed by atoms with E-state index in [-0.39, 0.29) is 11.6 Å². The van der Waals surface area contributed by atoms with Gasteiger partial charge in [0, 0.05) is 19.1 Å². The van der Waals surface area contributed by atoms with Crippen LogP contribution >= 0.6 is 0 Å². The molecule has 17 heavy (non-hydrogen) atoms. The molecule has 1 saturated heterocycles. The van der Waals surface area contributed by atoms with Crippen LogP contribution in [0.2, 0.25) is 0 Å². The number of hydrogen-bond acceptors (Lipinski definition) is 3. The maximum atomic E-state index is 11.6. The van der Waals surface area contributed by atoms with E-state index in [1.54, 1.807) is 0 Å². The van der Waals surface area contributed by atoms with E-state index in [1.165, 1.54) is 12.8 Å². The molecule has 1 fully saturated rings. The molecule has 0 radical (unpaired) electrons. The molecule has 0 aromatic rings. The van der Waals surface area contributed by atoms with Gasteiger partial charge in [0.1, 0.15) is 5.60 Å². The van der Waals surface area contributed by atoms with Crippen molar-refractivity contribution >= 4 is 5.97 Å². The Balaban J connectivity index is 2.32. The zero-order valence-corrected chi connectivity index (χ0v) is 12.0. The first kappa shape index (κ1) is 14.5. The maximum absolute atomic E-state index is 11.6. The van der Waals surface area contributed by atoms with Crippen molar-refractivity contribution in [3.63, 3.8) is 0 Å². The lowest BCUT2D eigenvalue weighted by Crippen LogP contribution is -2.42. The third kappa shape index (κ3) is 5.53. The lowest BCUT2D eigenvalue weighted by molar-refractivity contribution is -0.155. The number of carbonyl (C=O) groups is 1. The van der Waals surface area contributed by atoms with Crippen molar-refractivity contribution in [1.29, 1.82) is 0 Å². The first-order valence-electron chi connectivity index (χ1n) is 6.74. The minimum absolute atomic E-state index is 0.0806. The highest BCUT2D eigenvalue weighted by Gasteiger charge is 2.24. The molecule has 0 aliphatic carbocycles. The molecule has 3 nitrogen and oxygen atoms in total. The first-order valence-corrected chi connectivity index (χ1v) is 6.74. The third-order valence-corrected chi connectivity index (χ3v) is 3.27. The van der Waals surface area contributed by atoms with E-state index < -0.39 is 0 Å². The van der Waals surface area contributed by atoms with E-state index in [0.29, 0.717) is 12.5 Å². The fourth-order valence-corrected chi connectivity index (χ4v) is 2.32. The topological polar surface area (TPSA) is 29.5 Å². The summed E-state index contributed by atoms with van der Waals surface area (Å²) in [5, 5.41) is 0. The molecule has 2 atom stereocenters. The second kappa shape index (κ2) is 5.85. The van der Waals surface area contributed by atoms with Crippen LogP contribution in [-0.2, 0) is 9.53 Å². The summed E-state index contributed by atoms with van der Waals surface area (Å²) < 4.78 is 5.33. The van der Waals surface area contributed by atoms with E-state index >= 15 is 0 Å². The van der Waals surface area contributed by atoms with Crippen molar-refractivity contribution < 1.29 is 9.53 Å². The number of rotatable bonds is 3. The molecule has 0 bridgehead atoms. The maximum Gasteiger partial charge on any atom is 0.307 e. The summed E-state index contributed by atoms with van der Waals surface area (Å²) in [6.45, 7) is 12.2. The van der Waals surface area contributed by atoms with E-state index in [9.17, 15) is 4.79 Å². The number of piperidine rings is 1. The molecule has 0 spiro atoms. The second-order valence-electron chi connectivity index (χ2n) is 6.36. The quantitative estimate of drug-likeness (QED) is 0.712. The number of nitrogens with zero attached hydrogens (tertiary/aromatic N) is 1. The van der Waals surface area contributed by atoms with Crippen LogP contribution < -0.4 is 0 Å². The Labute approximate surface area is 106 Å².